The molecular formula is C49H45Cl3F4N2O4. The van der Waals surface area contributed by atoms with Gasteiger partial charge < -0.3 is 18.9 Å². The van der Waals surface area contributed by atoms with E-state index in [2.05, 4.69) is 46.2 Å². The quantitative estimate of drug-likeness (QED) is 0.114. The van der Waals surface area contributed by atoms with Gasteiger partial charge in [0.15, 0.2) is 0 Å². The van der Waals surface area contributed by atoms with Crippen LogP contribution in [0.2, 0.25) is 15.1 Å². The van der Waals surface area contributed by atoms with Crippen LogP contribution in [0.15, 0.2) is 140 Å². The molecule has 6 aromatic rings. The van der Waals surface area contributed by atoms with E-state index in [4.69, 9.17) is 53.8 Å². The molecule has 62 heavy (non-hydrogen) atoms. The van der Waals surface area contributed by atoms with Gasteiger partial charge >= 0.3 is 6.18 Å². The van der Waals surface area contributed by atoms with Gasteiger partial charge in [-0.3, -0.25) is 9.80 Å². The Balaban J connectivity index is 0.000000187. The summed E-state index contributed by atoms with van der Waals surface area (Å²) in [6.45, 7) is 6.05. The summed E-state index contributed by atoms with van der Waals surface area (Å²) in [5, 5.41) is 1.14. The van der Waals surface area contributed by atoms with E-state index in [1.807, 2.05) is 42.5 Å². The van der Waals surface area contributed by atoms with Crippen molar-refractivity contribution in [3.63, 3.8) is 0 Å². The van der Waals surface area contributed by atoms with E-state index in [-0.39, 0.29) is 31.0 Å². The summed E-state index contributed by atoms with van der Waals surface area (Å²) in [5.41, 5.74) is 4.10. The molecule has 324 valence electrons. The predicted octanol–water partition coefficient (Wildman–Crippen LogP) is 12.8. The number of halogens is 7. The SMILES string of the molecule is FC(F)(F)c1ccccc1COc1ccc(C2CN(Cc3ccccc3)CCO2)cc1Cl.Fc1cccc(Cl)c1COc1ccc(C2CN(Cc3ccccc3)CCO2)cc1Cl. The molecule has 2 aliphatic heterocycles. The van der Waals surface area contributed by atoms with E-state index < -0.39 is 17.6 Å². The highest BCUT2D eigenvalue weighted by molar-refractivity contribution is 6.32. The molecule has 2 atom stereocenters. The largest absolute Gasteiger partial charge is 0.487 e. The predicted molar refractivity (Wildman–Crippen MR) is 235 cm³/mol. The van der Waals surface area contributed by atoms with Gasteiger partial charge in [-0.2, -0.15) is 13.2 Å². The molecular weight excluding hydrogens is 863 g/mol. The summed E-state index contributed by atoms with van der Waals surface area (Å²) in [5.74, 6) is 0.422. The average molecular weight is 908 g/mol. The molecule has 0 aliphatic carbocycles. The van der Waals surface area contributed by atoms with Crippen molar-refractivity contribution in [2.45, 2.75) is 44.7 Å². The molecule has 6 nitrogen and oxygen atoms in total. The molecule has 13 heteroatoms. The highest BCUT2D eigenvalue weighted by Crippen LogP contribution is 2.36. The lowest BCUT2D eigenvalue weighted by Gasteiger charge is -2.33. The van der Waals surface area contributed by atoms with Crippen molar-refractivity contribution in [1.29, 1.82) is 0 Å². The van der Waals surface area contributed by atoms with Crippen molar-refractivity contribution >= 4 is 34.8 Å². The Morgan fingerprint density at radius 3 is 1.56 bits per heavy atom. The van der Waals surface area contributed by atoms with E-state index in [1.165, 1.54) is 29.3 Å². The first-order valence-corrected chi connectivity index (χ1v) is 21.3. The number of alkyl halides is 3. The maximum absolute atomic E-state index is 13.9. The smallest absolute Gasteiger partial charge is 0.416 e. The van der Waals surface area contributed by atoms with Gasteiger partial charge in [-0.15, -0.1) is 0 Å². The van der Waals surface area contributed by atoms with Crippen LogP contribution in [0.3, 0.4) is 0 Å². The van der Waals surface area contributed by atoms with Crippen LogP contribution in [0, 0.1) is 5.82 Å². The number of rotatable bonds is 12. The molecule has 0 spiro atoms. The molecule has 2 unspecified atom stereocenters. The summed E-state index contributed by atoms with van der Waals surface area (Å²) < 4.78 is 76.7. The molecule has 2 saturated heterocycles. The van der Waals surface area contributed by atoms with Crippen LogP contribution in [-0.4, -0.2) is 49.2 Å². The van der Waals surface area contributed by atoms with Crippen LogP contribution >= 0.6 is 34.8 Å². The third-order valence-corrected chi connectivity index (χ3v) is 11.5. The Labute approximate surface area is 374 Å². The van der Waals surface area contributed by atoms with Crippen molar-refractivity contribution in [3.8, 4) is 11.5 Å². The summed E-state index contributed by atoms with van der Waals surface area (Å²) >= 11 is 18.9. The maximum atomic E-state index is 13.9. The van der Waals surface area contributed by atoms with Crippen molar-refractivity contribution in [2.24, 2.45) is 0 Å². The molecule has 0 amide bonds. The van der Waals surface area contributed by atoms with Crippen LogP contribution in [0.4, 0.5) is 17.6 Å². The average Bonchev–Trinajstić information content (AvgIpc) is 3.27. The van der Waals surface area contributed by atoms with Crippen molar-refractivity contribution in [2.75, 3.05) is 39.4 Å². The van der Waals surface area contributed by atoms with Gasteiger partial charge in [0, 0.05) is 50.4 Å². The van der Waals surface area contributed by atoms with Gasteiger partial charge in [0.25, 0.3) is 0 Å². The topological polar surface area (TPSA) is 43.4 Å². The fraction of sp³-hybridized carbons (Fsp3) is 0.265. The van der Waals surface area contributed by atoms with Crippen molar-refractivity contribution in [1.82, 2.24) is 9.80 Å². The van der Waals surface area contributed by atoms with Gasteiger partial charge in [-0.1, -0.05) is 132 Å². The first-order valence-electron chi connectivity index (χ1n) is 20.2. The Morgan fingerprint density at radius 1 is 0.565 bits per heavy atom. The zero-order chi connectivity index (χ0) is 43.5. The van der Waals surface area contributed by atoms with E-state index in [0.29, 0.717) is 45.3 Å². The molecule has 6 aromatic carbocycles. The standard InChI is InChI=1S/C25H23ClF3NO2.C24H22Cl2FNO2/c26-22-14-19(24-16-30(12-13-31-24)15-18-6-2-1-3-7-18)10-11-23(22)32-17-20-8-4-5-9-21(20)25(27,28)29;25-20-7-4-8-22(27)19(20)16-30-23-10-9-18(13-21(23)26)24-15-28(11-12-29-24)14-17-5-2-1-3-6-17/h1-11,14,24H,12-13,15-17H2;1-10,13,24H,11-12,14-16H2. The number of hydrogen-bond donors (Lipinski definition) is 0. The summed E-state index contributed by atoms with van der Waals surface area (Å²) in [6.07, 6.45) is -4.63. The highest BCUT2D eigenvalue weighted by atomic mass is 35.5. The van der Waals surface area contributed by atoms with Crippen LogP contribution in [0.25, 0.3) is 0 Å². The molecule has 0 aromatic heterocycles. The Kier molecular flexibility index (Phi) is 15.8. The minimum Gasteiger partial charge on any atom is -0.487 e. The highest BCUT2D eigenvalue weighted by Gasteiger charge is 2.33. The van der Waals surface area contributed by atoms with Crippen LogP contribution in [-0.2, 0) is 42.0 Å². The number of morpholine rings is 2. The zero-order valence-electron chi connectivity index (χ0n) is 33.7. The Morgan fingerprint density at radius 2 is 1.06 bits per heavy atom. The number of nitrogens with zero attached hydrogens (tertiary/aromatic N) is 2. The Bertz CT molecular complexity index is 2350. The van der Waals surface area contributed by atoms with Crippen LogP contribution < -0.4 is 9.47 Å². The molecule has 0 bridgehead atoms. The fourth-order valence-corrected chi connectivity index (χ4v) is 8.05. The maximum Gasteiger partial charge on any atom is 0.416 e. The second-order valence-corrected chi connectivity index (χ2v) is 16.2. The lowest BCUT2D eigenvalue weighted by atomic mass is 10.1. The van der Waals surface area contributed by atoms with Gasteiger partial charge in [-0.05, 0) is 64.7 Å². The van der Waals surface area contributed by atoms with Crippen molar-refractivity contribution in [3.05, 3.63) is 199 Å². The second-order valence-electron chi connectivity index (χ2n) is 15.0. The molecule has 0 radical (unpaired) electrons. The van der Waals surface area contributed by atoms with E-state index >= 15 is 0 Å². The molecule has 8 rings (SSSR count). The minimum atomic E-state index is -4.43. The molecule has 0 N–H and O–H groups in total. The first-order chi connectivity index (χ1) is 30.0. The van der Waals surface area contributed by atoms with E-state index in [0.717, 1.165) is 56.5 Å². The number of benzene rings is 6. The molecule has 2 aliphatic rings. The Hall–Kier alpha value is -4.65. The lowest BCUT2D eigenvalue weighted by molar-refractivity contribution is -0.138. The molecule has 0 saturated carbocycles. The van der Waals surface area contributed by atoms with E-state index in [9.17, 15) is 17.6 Å². The summed E-state index contributed by atoms with van der Waals surface area (Å²) in [4.78, 5) is 4.71. The monoisotopic (exact) mass is 906 g/mol. The molecule has 2 fully saturated rings. The van der Waals surface area contributed by atoms with Gasteiger partial charge in [0.2, 0.25) is 0 Å². The number of ether oxygens (including phenoxy) is 4. The van der Waals surface area contributed by atoms with E-state index in [1.54, 1.807) is 36.4 Å². The lowest BCUT2D eigenvalue weighted by Crippen LogP contribution is -2.37. The summed E-state index contributed by atoms with van der Waals surface area (Å²) in [6, 6.07) is 41.5. The van der Waals surface area contributed by atoms with Gasteiger partial charge in [0.05, 0.1) is 46.1 Å². The number of hydrogen-bond acceptors (Lipinski definition) is 6. The third-order valence-electron chi connectivity index (χ3n) is 10.6. The van der Waals surface area contributed by atoms with Crippen LogP contribution in [0.1, 0.15) is 51.2 Å². The third kappa shape index (κ3) is 12.5. The normalized spacial score (nSPS) is 17.2. The molecule has 2 heterocycles. The van der Waals surface area contributed by atoms with Crippen LogP contribution in [0.5, 0.6) is 11.5 Å². The second kappa shape index (κ2) is 21.6. The minimum absolute atomic E-state index is 0.00928. The zero-order valence-corrected chi connectivity index (χ0v) is 35.9. The summed E-state index contributed by atoms with van der Waals surface area (Å²) in [7, 11) is 0. The van der Waals surface area contributed by atoms with Gasteiger partial charge in [0.1, 0.15) is 30.5 Å². The fourth-order valence-electron chi connectivity index (χ4n) is 7.35. The van der Waals surface area contributed by atoms with Crippen molar-refractivity contribution < 1.29 is 36.5 Å². The van der Waals surface area contributed by atoms with Gasteiger partial charge in [-0.25, -0.2) is 4.39 Å². The first kappa shape index (κ1) is 45.4.